The molecular formula is C17H30. The molecule has 0 heteroatoms. The summed E-state index contributed by atoms with van der Waals surface area (Å²) < 4.78 is 0. The van der Waals surface area contributed by atoms with Crippen molar-refractivity contribution in [3.8, 4) is 11.8 Å². The maximum absolute atomic E-state index is 3.22. The van der Waals surface area contributed by atoms with Crippen molar-refractivity contribution in [1.82, 2.24) is 0 Å². The molecule has 0 amide bonds. The van der Waals surface area contributed by atoms with Gasteiger partial charge in [0.25, 0.3) is 0 Å². The molecule has 1 saturated carbocycles. The molecule has 0 nitrogen and oxygen atoms in total. The van der Waals surface area contributed by atoms with E-state index in [1.807, 2.05) is 6.92 Å². The van der Waals surface area contributed by atoms with E-state index < -0.39 is 0 Å². The van der Waals surface area contributed by atoms with Crippen molar-refractivity contribution in [3.63, 3.8) is 0 Å². The Labute approximate surface area is 109 Å². The third-order valence-electron chi connectivity index (χ3n) is 4.04. The molecule has 1 aliphatic rings. The Hall–Kier alpha value is -0.440. The molecule has 0 bridgehead atoms. The Balaban J connectivity index is 1.78. The third kappa shape index (κ3) is 7.48. The summed E-state index contributed by atoms with van der Waals surface area (Å²) in [7, 11) is 0. The van der Waals surface area contributed by atoms with Crippen LogP contribution in [0.4, 0.5) is 0 Å². The van der Waals surface area contributed by atoms with Gasteiger partial charge in [0, 0.05) is 6.42 Å². The highest BCUT2D eigenvalue weighted by Gasteiger charge is 2.34. The minimum absolute atomic E-state index is 0.965. The van der Waals surface area contributed by atoms with Gasteiger partial charge in [-0.15, -0.1) is 11.8 Å². The van der Waals surface area contributed by atoms with Gasteiger partial charge in [0.05, 0.1) is 0 Å². The van der Waals surface area contributed by atoms with E-state index in [1.54, 1.807) is 0 Å². The minimum atomic E-state index is 0.965. The van der Waals surface area contributed by atoms with Gasteiger partial charge in [-0.1, -0.05) is 64.7 Å². The Morgan fingerprint density at radius 1 is 0.882 bits per heavy atom. The quantitative estimate of drug-likeness (QED) is 0.342. The van der Waals surface area contributed by atoms with Gasteiger partial charge in [0.2, 0.25) is 0 Å². The second-order valence-electron chi connectivity index (χ2n) is 5.65. The van der Waals surface area contributed by atoms with Crippen LogP contribution < -0.4 is 0 Å². The van der Waals surface area contributed by atoms with Crippen LogP contribution in [-0.4, -0.2) is 0 Å². The average molecular weight is 234 g/mol. The third-order valence-corrected chi connectivity index (χ3v) is 4.04. The van der Waals surface area contributed by atoms with E-state index in [9.17, 15) is 0 Å². The summed E-state index contributed by atoms with van der Waals surface area (Å²) in [6.45, 7) is 4.24. The zero-order valence-electron chi connectivity index (χ0n) is 11.9. The van der Waals surface area contributed by atoms with Crippen LogP contribution in [0.1, 0.15) is 84.5 Å². The molecule has 0 heterocycles. The molecule has 0 aliphatic heterocycles. The molecular weight excluding hydrogens is 204 g/mol. The zero-order valence-corrected chi connectivity index (χ0v) is 11.9. The molecule has 1 fully saturated rings. The van der Waals surface area contributed by atoms with Crippen LogP contribution in [0.3, 0.4) is 0 Å². The lowest BCUT2D eigenvalue weighted by molar-refractivity contribution is 0.539. The van der Waals surface area contributed by atoms with Crippen molar-refractivity contribution in [1.29, 1.82) is 0 Å². The second-order valence-corrected chi connectivity index (χ2v) is 5.65. The van der Waals surface area contributed by atoms with E-state index in [0.29, 0.717) is 0 Å². The van der Waals surface area contributed by atoms with E-state index in [-0.39, 0.29) is 0 Å². The van der Waals surface area contributed by atoms with E-state index in [0.717, 1.165) is 18.3 Å². The number of hydrogen-bond donors (Lipinski definition) is 0. The fourth-order valence-corrected chi connectivity index (χ4v) is 2.69. The SMILES string of the molecule is CC#CCC1CC1CCCCCCCCCC. The van der Waals surface area contributed by atoms with Gasteiger partial charge in [0.15, 0.2) is 0 Å². The molecule has 1 rings (SSSR count). The summed E-state index contributed by atoms with van der Waals surface area (Å²) in [5.41, 5.74) is 0. The van der Waals surface area contributed by atoms with Crippen LogP contribution in [0.25, 0.3) is 0 Å². The van der Waals surface area contributed by atoms with E-state index >= 15 is 0 Å². The smallest absolute Gasteiger partial charge is 0.0120 e. The largest absolute Gasteiger partial charge is 0.107 e. The lowest BCUT2D eigenvalue weighted by Crippen LogP contribution is -1.85. The summed E-state index contributed by atoms with van der Waals surface area (Å²) in [5, 5.41) is 0. The molecule has 98 valence electrons. The first-order valence-corrected chi connectivity index (χ1v) is 7.78. The van der Waals surface area contributed by atoms with Crippen LogP contribution in [0.2, 0.25) is 0 Å². The van der Waals surface area contributed by atoms with Gasteiger partial charge in [-0.3, -0.25) is 0 Å². The fraction of sp³-hybridized carbons (Fsp3) is 0.882. The summed E-state index contributed by atoms with van der Waals surface area (Å²) in [6.07, 6.45) is 15.7. The highest BCUT2D eigenvalue weighted by molar-refractivity contribution is 5.01. The predicted molar refractivity (Wildman–Crippen MR) is 76.9 cm³/mol. The van der Waals surface area contributed by atoms with Gasteiger partial charge < -0.3 is 0 Å². The summed E-state index contributed by atoms with van der Waals surface area (Å²) in [6, 6.07) is 0. The van der Waals surface area contributed by atoms with Crippen molar-refractivity contribution >= 4 is 0 Å². The zero-order chi connectivity index (χ0) is 12.3. The first-order valence-electron chi connectivity index (χ1n) is 7.78. The molecule has 0 aromatic heterocycles. The Bertz CT molecular complexity index is 230. The Kier molecular flexibility index (Phi) is 8.24. The molecule has 0 spiro atoms. The average Bonchev–Trinajstić information content (AvgIpc) is 3.09. The van der Waals surface area contributed by atoms with Crippen LogP contribution in [0.15, 0.2) is 0 Å². The minimum Gasteiger partial charge on any atom is -0.107 e. The lowest BCUT2D eigenvalue weighted by Gasteiger charge is -2.01. The van der Waals surface area contributed by atoms with Gasteiger partial charge in [0.1, 0.15) is 0 Å². The number of unbranched alkanes of at least 4 members (excludes halogenated alkanes) is 7. The van der Waals surface area contributed by atoms with Crippen LogP contribution in [0, 0.1) is 23.7 Å². The molecule has 17 heavy (non-hydrogen) atoms. The van der Waals surface area contributed by atoms with Gasteiger partial charge >= 0.3 is 0 Å². The van der Waals surface area contributed by atoms with Crippen molar-refractivity contribution in [2.45, 2.75) is 84.5 Å². The lowest BCUT2D eigenvalue weighted by atomic mass is 10.1. The number of hydrogen-bond acceptors (Lipinski definition) is 0. The van der Waals surface area contributed by atoms with Gasteiger partial charge in [-0.05, 0) is 25.2 Å². The van der Waals surface area contributed by atoms with E-state index in [1.165, 1.54) is 64.2 Å². The van der Waals surface area contributed by atoms with Crippen LogP contribution in [-0.2, 0) is 0 Å². The van der Waals surface area contributed by atoms with Crippen molar-refractivity contribution in [3.05, 3.63) is 0 Å². The maximum Gasteiger partial charge on any atom is 0.0120 e. The summed E-state index contributed by atoms with van der Waals surface area (Å²) >= 11 is 0. The van der Waals surface area contributed by atoms with Gasteiger partial charge in [-0.25, -0.2) is 0 Å². The first-order chi connectivity index (χ1) is 8.38. The van der Waals surface area contributed by atoms with E-state index in [2.05, 4.69) is 18.8 Å². The van der Waals surface area contributed by atoms with Crippen LogP contribution in [0.5, 0.6) is 0 Å². The number of rotatable bonds is 10. The molecule has 0 saturated heterocycles. The Morgan fingerprint density at radius 3 is 2.18 bits per heavy atom. The normalized spacial score (nSPS) is 22.0. The molecule has 2 unspecified atom stereocenters. The van der Waals surface area contributed by atoms with Crippen LogP contribution >= 0.6 is 0 Å². The van der Waals surface area contributed by atoms with Crippen molar-refractivity contribution < 1.29 is 0 Å². The second kappa shape index (κ2) is 9.58. The molecule has 1 aliphatic carbocycles. The highest BCUT2D eigenvalue weighted by Crippen LogP contribution is 2.44. The highest BCUT2D eigenvalue weighted by atomic mass is 14.4. The monoisotopic (exact) mass is 234 g/mol. The van der Waals surface area contributed by atoms with Crippen molar-refractivity contribution in [2.24, 2.45) is 11.8 Å². The molecule has 2 atom stereocenters. The molecule has 0 aromatic rings. The maximum atomic E-state index is 3.22. The fourth-order valence-electron chi connectivity index (χ4n) is 2.69. The van der Waals surface area contributed by atoms with Gasteiger partial charge in [-0.2, -0.15) is 0 Å². The molecule has 0 radical (unpaired) electrons. The standard InChI is InChI=1S/C17H30/c1-3-5-7-8-9-10-11-12-14-17-15-16(17)13-6-4-2/h16-17H,3,5,7-15H2,1-2H3. The van der Waals surface area contributed by atoms with Crippen molar-refractivity contribution in [2.75, 3.05) is 0 Å². The summed E-state index contributed by atoms with van der Waals surface area (Å²) in [5.74, 6) is 8.23. The predicted octanol–water partition coefficient (Wildman–Crippen LogP) is 5.57. The molecule has 0 N–H and O–H groups in total. The summed E-state index contributed by atoms with van der Waals surface area (Å²) in [4.78, 5) is 0. The molecule has 0 aromatic carbocycles. The Morgan fingerprint density at radius 2 is 1.53 bits per heavy atom. The first kappa shape index (κ1) is 14.6. The topological polar surface area (TPSA) is 0 Å². The van der Waals surface area contributed by atoms with E-state index in [4.69, 9.17) is 0 Å².